The van der Waals surface area contributed by atoms with Gasteiger partial charge < -0.3 is 9.73 Å². The zero-order chi connectivity index (χ0) is 22.9. The molecule has 0 saturated heterocycles. The molecule has 164 valence electrons. The number of benzene rings is 3. The summed E-state index contributed by atoms with van der Waals surface area (Å²) in [5.74, 6) is -1.09. The Labute approximate surface area is 185 Å². The molecular formula is C24H21FN2O4S. The summed E-state index contributed by atoms with van der Waals surface area (Å²) in [7, 11) is -2.19. The Morgan fingerprint density at radius 1 is 1.00 bits per heavy atom. The van der Waals surface area contributed by atoms with Crippen molar-refractivity contribution in [1.82, 2.24) is 4.31 Å². The molecule has 0 radical (unpaired) electrons. The van der Waals surface area contributed by atoms with Gasteiger partial charge in [0.2, 0.25) is 10.0 Å². The molecule has 0 atom stereocenters. The summed E-state index contributed by atoms with van der Waals surface area (Å²) in [5, 5.41) is 3.19. The summed E-state index contributed by atoms with van der Waals surface area (Å²) < 4.78 is 46.4. The van der Waals surface area contributed by atoms with Gasteiger partial charge in [-0.25, -0.2) is 12.8 Å². The molecular weight excluding hydrogens is 431 g/mol. The van der Waals surface area contributed by atoms with Crippen LogP contribution in [0.4, 0.5) is 10.1 Å². The first-order valence-electron chi connectivity index (χ1n) is 9.86. The molecule has 1 aromatic heterocycles. The maximum atomic E-state index is 13.9. The van der Waals surface area contributed by atoms with Gasteiger partial charge in [0.1, 0.15) is 0 Å². The first kappa shape index (κ1) is 21.7. The van der Waals surface area contributed by atoms with Crippen LogP contribution in [0.25, 0.3) is 11.0 Å². The number of para-hydroxylation sites is 1. The summed E-state index contributed by atoms with van der Waals surface area (Å²) in [6.45, 7) is 1.92. The van der Waals surface area contributed by atoms with E-state index in [9.17, 15) is 17.6 Å². The van der Waals surface area contributed by atoms with Crippen LogP contribution in [0, 0.1) is 12.7 Å². The third kappa shape index (κ3) is 4.15. The van der Waals surface area contributed by atoms with Gasteiger partial charge in [0.05, 0.1) is 4.90 Å². The molecule has 6 nitrogen and oxygen atoms in total. The minimum Gasteiger partial charge on any atom is -0.448 e. The summed E-state index contributed by atoms with van der Waals surface area (Å²) in [6, 6.07) is 19.6. The van der Waals surface area contributed by atoms with E-state index >= 15 is 0 Å². The molecule has 0 bridgehead atoms. The van der Waals surface area contributed by atoms with Gasteiger partial charge in [0.25, 0.3) is 5.91 Å². The van der Waals surface area contributed by atoms with Gasteiger partial charge in [-0.15, -0.1) is 0 Å². The lowest BCUT2D eigenvalue weighted by Crippen LogP contribution is -2.26. The van der Waals surface area contributed by atoms with Gasteiger partial charge in [-0.3, -0.25) is 4.79 Å². The molecule has 32 heavy (non-hydrogen) atoms. The zero-order valence-electron chi connectivity index (χ0n) is 17.5. The molecule has 3 aromatic carbocycles. The lowest BCUT2D eigenvalue weighted by molar-refractivity contribution is 0.0997. The van der Waals surface area contributed by atoms with Crippen LogP contribution in [0.5, 0.6) is 0 Å². The Hall–Kier alpha value is -3.49. The number of sulfonamides is 1. The Morgan fingerprint density at radius 3 is 2.34 bits per heavy atom. The predicted molar refractivity (Wildman–Crippen MR) is 120 cm³/mol. The monoisotopic (exact) mass is 452 g/mol. The number of carbonyl (C=O) groups is 1. The van der Waals surface area contributed by atoms with Gasteiger partial charge in [0.15, 0.2) is 17.2 Å². The Bertz CT molecular complexity index is 1380. The van der Waals surface area contributed by atoms with Crippen molar-refractivity contribution in [3.8, 4) is 0 Å². The van der Waals surface area contributed by atoms with Crippen LogP contribution in [0.15, 0.2) is 82.1 Å². The largest absolute Gasteiger partial charge is 0.448 e. The minimum atomic E-state index is -3.70. The number of rotatable bonds is 6. The van der Waals surface area contributed by atoms with Crippen LogP contribution < -0.4 is 5.32 Å². The maximum absolute atomic E-state index is 13.9. The average Bonchev–Trinajstić information content (AvgIpc) is 3.13. The summed E-state index contributed by atoms with van der Waals surface area (Å²) >= 11 is 0. The van der Waals surface area contributed by atoms with Gasteiger partial charge in [-0.05, 0) is 42.8 Å². The Kier molecular flexibility index (Phi) is 5.82. The SMILES string of the molecule is Cc1c(C(=O)Nc2ccc(S(=O)(=O)N(C)Cc3ccccc3)cc2)oc2c(F)cccc12. The minimum absolute atomic E-state index is 0.00407. The van der Waals surface area contributed by atoms with Crippen LogP contribution >= 0.6 is 0 Å². The third-order valence-electron chi connectivity index (χ3n) is 5.19. The zero-order valence-corrected chi connectivity index (χ0v) is 18.3. The topological polar surface area (TPSA) is 79.6 Å². The molecule has 0 saturated carbocycles. The lowest BCUT2D eigenvalue weighted by Gasteiger charge is -2.17. The number of hydrogen-bond acceptors (Lipinski definition) is 4. The second-order valence-corrected chi connectivity index (χ2v) is 9.44. The number of aryl methyl sites for hydroxylation is 1. The first-order valence-corrected chi connectivity index (χ1v) is 11.3. The van der Waals surface area contributed by atoms with E-state index in [-0.39, 0.29) is 22.8 Å². The number of nitrogens with zero attached hydrogens (tertiary/aromatic N) is 1. The molecule has 8 heteroatoms. The number of anilines is 1. The van der Waals surface area contributed by atoms with Crippen molar-refractivity contribution in [1.29, 1.82) is 0 Å². The summed E-state index contributed by atoms with van der Waals surface area (Å²) in [5.41, 5.74) is 1.82. The smallest absolute Gasteiger partial charge is 0.291 e. The van der Waals surface area contributed by atoms with Crippen LogP contribution in [0.1, 0.15) is 21.7 Å². The molecule has 0 aliphatic rings. The van der Waals surface area contributed by atoms with Gasteiger partial charge in [0, 0.05) is 30.2 Å². The maximum Gasteiger partial charge on any atom is 0.291 e. The highest BCUT2D eigenvalue weighted by Crippen LogP contribution is 2.28. The quantitative estimate of drug-likeness (QED) is 0.449. The van der Waals surface area contributed by atoms with Crippen LogP contribution in [-0.2, 0) is 16.6 Å². The number of halogens is 1. The van der Waals surface area contributed by atoms with E-state index in [0.717, 1.165) is 5.56 Å². The molecule has 0 aliphatic carbocycles. The fourth-order valence-corrected chi connectivity index (χ4v) is 4.59. The van der Waals surface area contributed by atoms with Crippen molar-refractivity contribution < 1.29 is 22.0 Å². The standard InChI is InChI=1S/C24H21FN2O4S/c1-16-20-9-6-10-21(25)23(20)31-22(16)24(28)26-18-11-13-19(14-12-18)32(29,30)27(2)15-17-7-4-3-5-8-17/h3-14H,15H2,1-2H3,(H,26,28). The van der Waals surface area contributed by atoms with E-state index in [2.05, 4.69) is 5.32 Å². The second-order valence-electron chi connectivity index (χ2n) is 7.40. The Balaban J connectivity index is 1.51. The molecule has 1 heterocycles. The van der Waals surface area contributed by atoms with E-state index < -0.39 is 21.7 Å². The molecule has 4 aromatic rings. The van der Waals surface area contributed by atoms with E-state index in [4.69, 9.17) is 4.42 Å². The fraction of sp³-hybridized carbons (Fsp3) is 0.125. The fourth-order valence-electron chi connectivity index (χ4n) is 3.43. The molecule has 4 rings (SSSR count). The summed E-state index contributed by atoms with van der Waals surface area (Å²) in [6.07, 6.45) is 0. The first-order chi connectivity index (χ1) is 15.3. The van der Waals surface area contributed by atoms with Crippen LogP contribution in [-0.4, -0.2) is 25.7 Å². The van der Waals surface area contributed by atoms with Crippen molar-refractivity contribution in [3.05, 3.63) is 95.5 Å². The summed E-state index contributed by atoms with van der Waals surface area (Å²) in [4.78, 5) is 12.8. The Morgan fingerprint density at radius 2 is 1.69 bits per heavy atom. The highest BCUT2D eigenvalue weighted by atomic mass is 32.2. The van der Waals surface area contributed by atoms with Gasteiger partial charge >= 0.3 is 0 Å². The predicted octanol–water partition coefficient (Wildman–Crippen LogP) is 4.95. The van der Waals surface area contributed by atoms with Gasteiger partial charge in [-0.2, -0.15) is 4.31 Å². The molecule has 0 fully saturated rings. The van der Waals surface area contributed by atoms with Crippen LogP contribution in [0.2, 0.25) is 0 Å². The van der Waals surface area contributed by atoms with Gasteiger partial charge in [-0.1, -0.05) is 42.5 Å². The van der Waals surface area contributed by atoms with E-state index in [0.29, 0.717) is 16.6 Å². The van der Waals surface area contributed by atoms with Crippen molar-refractivity contribution in [2.45, 2.75) is 18.4 Å². The molecule has 0 spiro atoms. The number of nitrogens with one attached hydrogen (secondary N) is 1. The normalized spacial score (nSPS) is 11.8. The number of amides is 1. The number of furan rings is 1. The van der Waals surface area contributed by atoms with E-state index in [1.54, 1.807) is 19.1 Å². The third-order valence-corrected chi connectivity index (χ3v) is 7.01. The van der Waals surface area contributed by atoms with Crippen molar-refractivity contribution in [2.24, 2.45) is 0 Å². The van der Waals surface area contributed by atoms with E-state index in [1.165, 1.54) is 41.7 Å². The van der Waals surface area contributed by atoms with Crippen molar-refractivity contribution in [2.75, 3.05) is 12.4 Å². The number of fused-ring (bicyclic) bond motifs is 1. The molecule has 1 amide bonds. The van der Waals surface area contributed by atoms with Crippen molar-refractivity contribution in [3.63, 3.8) is 0 Å². The number of carbonyl (C=O) groups excluding carboxylic acids is 1. The molecule has 1 N–H and O–H groups in total. The number of hydrogen-bond donors (Lipinski definition) is 1. The van der Waals surface area contributed by atoms with Crippen molar-refractivity contribution >= 4 is 32.6 Å². The highest BCUT2D eigenvalue weighted by molar-refractivity contribution is 7.89. The molecule has 0 unspecified atom stereocenters. The molecule has 0 aliphatic heterocycles. The van der Waals surface area contributed by atoms with Crippen LogP contribution in [0.3, 0.4) is 0 Å². The average molecular weight is 453 g/mol. The van der Waals surface area contributed by atoms with E-state index in [1.807, 2.05) is 30.3 Å². The lowest BCUT2D eigenvalue weighted by atomic mass is 10.1. The highest BCUT2D eigenvalue weighted by Gasteiger charge is 2.22. The second kappa shape index (κ2) is 8.57.